The van der Waals surface area contributed by atoms with Crippen LogP contribution in [-0.2, 0) is 28.8 Å². The largest absolute Gasteiger partial charge is 1.00 e. The second-order valence-electron chi connectivity index (χ2n) is 14.9. The van der Waals surface area contributed by atoms with E-state index in [0.717, 1.165) is 0 Å². The van der Waals surface area contributed by atoms with Crippen molar-refractivity contribution in [2.45, 2.75) is 105 Å². The maximum atomic E-state index is 2.41. The van der Waals surface area contributed by atoms with Crippen LogP contribution in [0.4, 0.5) is 0 Å². The number of fused-ring (bicyclic) bond motifs is 2. The van der Waals surface area contributed by atoms with E-state index in [2.05, 4.69) is 178 Å². The standard InChI is InChI=1S/C24H29.C20H21.C2H6Si.2ClH.Zr/c1-6-8-17(2)20-15-19-9-7-10-22(23(19)16-20)18-11-13-21(14-12-18)24(3,4)5;1-4-15(3)16-8-10-17(11-9-16)19-7-5-6-18-12-14(2)13-20(18)19;1-3-2;;;/h7,9-17H,6,8H2,1-5H3;5-13,15H,4H2,1-3H3;1-2H3;2*1H;/q2*-1;;;;+2/p-2. The van der Waals surface area contributed by atoms with Gasteiger partial charge in [-0.25, -0.2) is 0 Å². The average Bonchev–Trinajstić information content (AvgIpc) is 3.67. The summed E-state index contributed by atoms with van der Waals surface area (Å²) in [5.41, 5.74) is 11.4. The molecule has 2 atom stereocenters. The Labute approximate surface area is 331 Å². The molecule has 0 saturated carbocycles. The molecular formula is C46H56Cl2SiZr-2. The Hall–Kier alpha value is -2.22. The van der Waals surface area contributed by atoms with Crippen LogP contribution in [0.5, 0.6) is 0 Å². The van der Waals surface area contributed by atoms with E-state index in [1.807, 2.05) is 0 Å². The van der Waals surface area contributed by atoms with Gasteiger partial charge in [0.05, 0.1) is 0 Å². The molecule has 264 valence electrons. The van der Waals surface area contributed by atoms with E-state index >= 15 is 0 Å². The van der Waals surface area contributed by atoms with Crippen molar-refractivity contribution < 1.29 is 48.1 Å². The maximum Gasteiger partial charge on any atom is -1.00 e. The van der Waals surface area contributed by atoms with Crippen molar-refractivity contribution >= 4 is 27.0 Å². The number of hydrogen-bond donors (Lipinski definition) is 0. The summed E-state index contributed by atoms with van der Waals surface area (Å²) in [6, 6.07) is 40.7. The summed E-state index contributed by atoms with van der Waals surface area (Å²) in [6.45, 7) is 22.7. The summed E-state index contributed by atoms with van der Waals surface area (Å²) in [6.07, 6.45) is 3.69. The van der Waals surface area contributed by atoms with E-state index in [-0.39, 0.29) is 35.7 Å². The van der Waals surface area contributed by atoms with Gasteiger partial charge in [-0.2, -0.15) is 12.1 Å². The van der Waals surface area contributed by atoms with Gasteiger partial charge in [-0.3, -0.25) is 0 Å². The van der Waals surface area contributed by atoms with Crippen molar-refractivity contribution in [2.75, 3.05) is 0 Å². The van der Waals surface area contributed by atoms with E-state index < -0.39 is 0 Å². The Morgan fingerprint density at radius 2 is 1.16 bits per heavy atom. The molecule has 6 rings (SSSR count). The molecule has 0 aliphatic rings. The van der Waals surface area contributed by atoms with Gasteiger partial charge in [-0.15, -0.1) is 69.1 Å². The Morgan fingerprint density at radius 3 is 1.64 bits per heavy atom. The van der Waals surface area contributed by atoms with E-state index in [1.165, 1.54) is 85.3 Å². The third-order valence-corrected chi connectivity index (χ3v) is 9.42. The average molecular weight is 799 g/mol. The topological polar surface area (TPSA) is 0 Å². The van der Waals surface area contributed by atoms with Gasteiger partial charge in [-0.1, -0.05) is 134 Å². The fourth-order valence-electron chi connectivity index (χ4n) is 6.41. The van der Waals surface area contributed by atoms with Crippen molar-refractivity contribution in [1.29, 1.82) is 0 Å². The normalized spacial score (nSPS) is 12.1. The van der Waals surface area contributed by atoms with Gasteiger partial charge in [0.2, 0.25) is 0 Å². The molecule has 0 amide bonds. The van der Waals surface area contributed by atoms with Crippen LogP contribution in [0.15, 0.2) is 109 Å². The summed E-state index contributed by atoms with van der Waals surface area (Å²) in [4.78, 5) is 0. The van der Waals surface area contributed by atoms with Crippen LogP contribution in [0, 0.1) is 6.92 Å². The molecule has 0 spiro atoms. The molecule has 6 aromatic rings. The van der Waals surface area contributed by atoms with Crippen molar-refractivity contribution in [3.8, 4) is 22.3 Å². The number of rotatable bonds is 7. The first-order chi connectivity index (χ1) is 22.8. The number of halogens is 2. The van der Waals surface area contributed by atoms with Crippen LogP contribution in [0.25, 0.3) is 43.8 Å². The summed E-state index contributed by atoms with van der Waals surface area (Å²) in [7, 11) is 0. The second-order valence-corrected chi connectivity index (χ2v) is 24.3. The van der Waals surface area contributed by atoms with Crippen LogP contribution in [0.2, 0.25) is 13.1 Å². The zero-order valence-corrected chi connectivity index (χ0v) is 36.9. The van der Waals surface area contributed by atoms with Crippen molar-refractivity contribution in [1.82, 2.24) is 0 Å². The van der Waals surface area contributed by atoms with Crippen LogP contribution in [-0.4, -0.2) is 5.43 Å². The Kier molecular flexibility index (Phi) is 17.7. The third-order valence-electron chi connectivity index (χ3n) is 9.42. The molecule has 0 saturated heterocycles. The summed E-state index contributed by atoms with van der Waals surface area (Å²) in [5, 5.41) is 5.46. The first-order valence-corrected chi connectivity index (χ1v) is 24.1. The molecule has 0 radical (unpaired) electrons. The molecular weight excluding hydrogens is 743 g/mol. The predicted octanol–water partition coefficient (Wildman–Crippen LogP) is 8.27. The third kappa shape index (κ3) is 11.6. The fourth-order valence-corrected chi connectivity index (χ4v) is 6.41. The monoisotopic (exact) mass is 796 g/mol. The maximum absolute atomic E-state index is 2.41. The zero-order valence-electron chi connectivity index (χ0n) is 31.9. The zero-order chi connectivity index (χ0) is 35.0. The van der Waals surface area contributed by atoms with Crippen LogP contribution >= 0.6 is 0 Å². The number of hydrogen-bond acceptors (Lipinski definition) is 0. The molecule has 0 aromatic heterocycles. The molecule has 0 aliphatic carbocycles. The van der Waals surface area contributed by atoms with Crippen molar-refractivity contribution in [2.24, 2.45) is 0 Å². The van der Waals surface area contributed by atoms with Crippen LogP contribution in [0.3, 0.4) is 0 Å². The minimum atomic E-state index is 0. The molecule has 0 heterocycles. The fraction of sp³-hybridized carbons (Fsp3) is 0.348. The molecule has 0 bridgehead atoms. The Balaban J connectivity index is 0.000000306. The van der Waals surface area contributed by atoms with Gasteiger partial charge in [0.1, 0.15) is 0 Å². The summed E-state index contributed by atoms with van der Waals surface area (Å²) >= 11 is 1.74. The smallest absolute Gasteiger partial charge is 1.00 e. The molecule has 6 aromatic carbocycles. The minimum absolute atomic E-state index is 0. The van der Waals surface area contributed by atoms with Gasteiger partial charge in [0.15, 0.2) is 0 Å². The van der Waals surface area contributed by atoms with Crippen molar-refractivity contribution in [3.05, 3.63) is 131 Å². The molecule has 2 unspecified atom stereocenters. The first-order valence-electron chi connectivity index (χ1n) is 17.9. The predicted molar refractivity (Wildman–Crippen MR) is 213 cm³/mol. The van der Waals surface area contributed by atoms with Gasteiger partial charge in [0, 0.05) is 0 Å². The van der Waals surface area contributed by atoms with Gasteiger partial charge < -0.3 is 24.8 Å². The molecule has 50 heavy (non-hydrogen) atoms. The van der Waals surface area contributed by atoms with Gasteiger partial charge in [0.25, 0.3) is 0 Å². The van der Waals surface area contributed by atoms with Crippen LogP contribution < -0.4 is 24.8 Å². The number of benzene rings is 4. The van der Waals surface area contributed by atoms with E-state index in [9.17, 15) is 0 Å². The summed E-state index contributed by atoms with van der Waals surface area (Å²) < 4.78 is 0. The molecule has 0 aliphatic heterocycles. The second kappa shape index (κ2) is 20.1. The molecule has 0 fully saturated rings. The van der Waals surface area contributed by atoms with E-state index in [0.29, 0.717) is 11.8 Å². The Morgan fingerprint density at radius 1 is 0.680 bits per heavy atom. The van der Waals surface area contributed by atoms with E-state index in [4.69, 9.17) is 0 Å². The Bertz CT molecular complexity index is 1920. The SMILES string of the molecule is CCC(C)c1ccc(-c2cccc3[cH-]c(C)cc23)cc1.CCCC(C)c1cc2c(-c3ccc(C(C)(C)C)cc3)cccc2[cH-]1.C[Si](C)=[Zr+2].[Cl-].[Cl-]. The number of aryl methyl sites for hydroxylation is 1. The van der Waals surface area contributed by atoms with Gasteiger partial charge in [-0.05, 0) is 52.3 Å². The minimum Gasteiger partial charge on any atom is -1.00 e. The quantitative estimate of drug-likeness (QED) is 0.113. The molecule has 0 N–H and O–H groups in total. The molecule has 4 heteroatoms. The van der Waals surface area contributed by atoms with Crippen molar-refractivity contribution in [3.63, 3.8) is 0 Å². The van der Waals surface area contributed by atoms with Gasteiger partial charge >= 0.3 is 41.9 Å². The van der Waals surface area contributed by atoms with Crippen LogP contribution in [0.1, 0.15) is 102 Å². The van der Waals surface area contributed by atoms with E-state index in [1.54, 1.807) is 23.3 Å². The first kappa shape index (κ1) is 43.9. The molecule has 0 nitrogen and oxygen atoms in total. The summed E-state index contributed by atoms with van der Waals surface area (Å²) in [5.74, 6) is 1.28.